The van der Waals surface area contributed by atoms with E-state index >= 15 is 0 Å². The van der Waals surface area contributed by atoms with Crippen LogP contribution in [-0.2, 0) is 6.42 Å². The van der Waals surface area contributed by atoms with E-state index < -0.39 is 0 Å². The molecule has 0 aliphatic heterocycles. The lowest BCUT2D eigenvalue weighted by molar-refractivity contribution is 0.580. The number of rotatable bonds is 3. The van der Waals surface area contributed by atoms with Gasteiger partial charge in [0.1, 0.15) is 11.5 Å². The molecule has 0 fully saturated rings. The van der Waals surface area contributed by atoms with Crippen molar-refractivity contribution in [1.82, 2.24) is 9.97 Å². The number of hydrogen-bond acceptors (Lipinski definition) is 3. The molecule has 4 heteroatoms. The molecule has 0 aliphatic rings. The van der Waals surface area contributed by atoms with Crippen LogP contribution in [0.15, 0.2) is 22.8 Å². The van der Waals surface area contributed by atoms with Crippen molar-refractivity contribution in [2.75, 3.05) is 5.75 Å². The Hall–Kier alpha value is -1.16. The Kier molecular flexibility index (Phi) is 2.63. The topological polar surface area (TPSA) is 41.8 Å². The van der Waals surface area contributed by atoms with E-state index in [4.69, 9.17) is 4.42 Å². The van der Waals surface area contributed by atoms with Crippen LogP contribution < -0.4 is 0 Å². The monoisotopic (exact) mass is 208 g/mol. The summed E-state index contributed by atoms with van der Waals surface area (Å²) < 4.78 is 5.29. The Labute approximate surface area is 88.0 Å². The molecule has 0 radical (unpaired) electrons. The van der Waals surface area contributed by atoms with Crippen molar-refractivity contribution in [3.05, 3.63) is 29.9 Å². The van der Waals surface area contributed by atoms with Gasteiger partial charge in [0.15, 0.2) is 5.76 Å². The average Bonchev–Trinajstić information content (AvgIpc) is 2.74. The van der Waals surface area contributed by atoms with Crippen LogP contribution in [0.3, 0.4) is 0 Å². The van der Waals surface area contributed by atoms with Crippen LogP contribution in [0.1, 0.15) is 11.5 Å². The van der Waals surface area contributed by atoms with E-state index in [0.717, 1.165) is 35.1 Å². The highest BCUT2D eigenvalue weighted by atomic mass is 32.1. The molecule has 0 unspecified atom stereocenters. The number of aryl methyl sites for hydroxylation is 2. The molecule has 0 bridgehead atoms. The maximum atomic E-state index is 5.29. The Morgan fingerprint density at radius 1 is 1.57 bits per heavy atom. The van der Waals surface area contributed by atoms with Gasteiger partial charge >= 0.3 is 0 Å². The van der Waals surface area contributed by atoms with Gasteiger partial charge in [-0.15, -0.1) is 0 Å². The van der Waals surface area contributed by atoms with E-state index in [0.29, 0.717) is 0 Å². The third-order valence-electron chi connectivity index (χ3n) is 2.04. The highest BCUT2D eigenvalue weighted by Gasteiger charge is 2.10. The van der Waals surface area contributed by atoms with Gasteiger partial charge in [-0.25, -0.2) is 4.98 Å². The van der Waals surface area contributed by atoms with Gasteiger partial charge < -0.3 is 9.40 Å². The normalized spacial score (nSPS) is 10.7. The Balaban J connectivity index is 2.35. The van der Waals surface area contributed by atoms with Crippen LogP contribution in [0.4, 0.5) is 0 Å². The van der Waals surface area contributed by atoms with Crippen LogP contribution in [0.2, 0.25) is 0 Å². The van der Waals surface area contributed by atoms with Gasteiger partial charge in [0.25, 0.3) is 0 Å². The molecular formula is C10H12N2OS. The molecule has 0 saturated heterocycles. The molecule has 0 aromatic carbocycles. The van der Waals surface area contributed by atoms with Crippen LogP contribution in [0.25, 0.3) is 11.5 Å². The minimum atomic E-state index is 0.796. The summed E-state index contributed by atoms with van der Waals surface area (Å²) in [6.07, 6.45) is 2.51. The lowest BCUT2D eigenvalue weighted by atomic mass is 10.3. The second-order valence-electron chi connectivity index (χ2n) is 3.11. The van der Waals surface area contributed by atoms with Crippen LogP contribution >= 0.6 is 12.6 Å². The molecule has 2 heterocycles. The Morgan fingerprint density at radius 2 is 2.43 bits per heavy atom. The second-order valence-corrected chi connectivity index (χ2v) is 3.56. The van der Waals surface area contributed by atoms with Crippen LogP contribution in [0, 0.1) is 6.92 Å². The van der Waals surface area contributed by atoms with Crippen molar-refractivity contribution in [1.29, 1.82) is 0 Å². The number of H-pyrrole nitrogens is 1. The molecule has 1 N–H and O–H groups in total. The van der Waals surface area contributed by atoms with E-state index in [-0.39, 0.29) is 0 Å². The first-order valence-corrected chi connectivity index (χ1v) is 5.14. The number of aromatic amines is 1. The number of furan rings is 1. The van der Waals surface area contributed by atoms with Crippen molar-refractivity contribution < 1.29 is 4.42 Å². The highest BCUT2D eigenvalue weighted by molar-refractivity contribution is 7.80. The zero-order chi connectivity index (χ0) is 9.97. The standard InChI is InChI=1S/C10H12N2OS/c1-7-10(8-3-2-5-13-8)12-9(11-7)4-6-14/h2-3,5,14H,4,6H2,1H3,(H,11,12). The van der Waals surface area contributed by atoms with Gasteiger partial charge in [-0.1, -0.05) is 0 Å². The lowest BCUT2D eigenvalue weighted by Gasteiger charge is -1.90. The molecule has 2 aromatic heterocycles. The van der Waals surface area contributed by atoms with Crippen molar-refractivity contribution in [3.63, 3.8) is 0 Å². The smallest absolute Gasteiger partial charge is 0.154 e. The van der Waals surface area contributed by atoms with Gasteiger partial charge in [0.05, 0.1) is 6.26 Å². The summed E-state index contributed by atoms with van der Waals surface area (Å²) in [7, 11) is 0. The summed E-state index contributed by atoms with van der Waals surface area (Å²) in [6, 6.07) is 3.77. The van der Waals surface area contributed by atoms with Crippen molar-refractivity contribution in [2.24, 2.45) is 0 Å². The van der Waals surface area contributed by atoms with Crippen molar-refractivity contribution in [3.8, 4) is 11.5 Å². The SMILES string of the molecule is Cc1[nH]c(CCS)nc1-c1ccco1. The molecular weight excluding hydrogens is 196 g/mol. The molecule has 0 spiro atoms. The van der Waals surface area contributed by atoms with E-state index in [1.54, 1.807) is 6.26 Å². The Bertz CT molecular complexity index is 406. The molecule has 0 aliphatic carbocycles. The fourth-order valence-electron chi connectivity index (χ4n) is 1.40. The van der Waals surface area contributed by atoms with E-state index in [9.17, 15) is 0 Å². The molecule has 0 amide bonds. The third-order valence-corrected chi connectivity index (χ3v) is 2.26. The van der Waals surface area contributed by atoms with E-state index in [1.807, 2.05) is 19.1 Å². The molecule has 2 rings (SSSR count). The number of thiol groups is 1. The number of hydrogen-bond donors (Lipinski definition) is 2. The molecule has 14 heavy (non-hydrogen) atoms. The van der Waals surface area contributed by atoms with Crippen molar-refractivity contribution >= 4 is 12.6 Å². The summed E-state index contributed by atoms with van der Waals surface area (Å²) >= 11 is 4.17. The predicted molar refractivity (Wildman–Crippen MR) is 58.6 cm³/mol. The van der Waals surface area contributed by atoms with Crippen LogP contribution in [0.5, 0.6) is 0 Å². The number of nitrogens with one attached hydrogen (secondary N) is 1. The minimum absolute atomic E-state index is 0.796. The highest BCUT2D eigenvalue weighted by Crippen LogP contribution is 2.21. The van der Waals surface area contributed by atoms with E-state index in [1.165, 1.54) is 0 Å². The van der Waals surface area contributed by atoms with Gasteiger partial charge in [-0.2, -0.15) is 12.6 Å². The summed E-state index contributed by atoms with van der Waals surface area (Å²) in [5.41, 5.74) is 1.93. The predicted octanol–water partition coefficient (Wildman–Crippen LogP) is 2.45. The first-order valence-electron chi connectivity index (χ1n) is 4.51. The summed E-state index contributed by atoms with van der Waals surface area (Å²) in [4.78, 5) is 7.66. The molecule has 0 saturated carbocycles. The lowest BCUT2D eigenvalue weighted by Crippen LogP contribution is -1.88. The molecule has 0 atom stereocenters. The number of nitrogens with zero attached hydrogens (tertiary/aromatic N) is 1. The van der Waals surface area contributed by atoms with Crippen molar-refractivity contribution in [2.45, 2.75) is 13.3 Å². The van der Waals surface area contributed by atoms with Crippen LogP contribution in [-0.4, -0.2) is 15.7 Å². The van der Waals surface area contributed by atoms with Gasteiger partial charge in [-0.05, 0) is 24.8 Å². The Morgan fingerprint density at radius 3 is 3.07 bits per heavy atom. The summed E-state index contributed by atoms with van der Waals surface area (Å²) in [5.74, 6) is 2.57. The van der Waals surface area contributed by atoms with Gasteiger partial charge in [0, 0.05) is 12.1 Å². The fourth-order valence-corrected chi connectivity index (χ4v) is 1.61. The zero-order valence-corrected chi connectivity index (χ0v) is 8.84. The quantitative estimate of drug-likeness (QED) is 0.761. The fraction of sp³-hybridized carbons (Fsp3) is 0.300. The first-order chi connectivity index (χ1) is 6.81. The van der Waals surface area contributed by atoms with E-state index in [2.05, 4.69) is 22.6 Å². The first kappa shape index (κ1) is 9.40. The van der Waals surface area contributed by atoms with Gasteiger partial charge in [-0.3, -0.25) is 0 Å². The molecule has 3 nitrogen and oxygen atoms in total. The number of imidazole rings is 1. The zero-order valence-electron chi connectivity index (χ0n) is 7.95. The molecule has 74 valence electrons. The largest absolute Gasteiger partial charge is 0.463 e. The maximum Gasteiger partial charge on any atom is 0.154 e. The average molecular weight is 208 g/mol. The second kappa shape index (κ2) is 3.92. The number of aromatic nitrogens is 2. The molecule has 2 aromatic rings. The summed E-state index contributed by atoms with van der Waals surface area (Å²) in [6.45, 7) is 1.99. The maximum absolute atomic E-state index is 5.29. The van der Waals surface area contributed by atoms with Gasteiger partial charge in [0.2, 0.25) is 0 Å². The third kappa shape index (κ3) is 1.70. The summed E-state index contributed by atoms with van der Waals surface area (Å²) in [5, 5.41) is 0. The minimum Gasteiger partial charge on any atom is -0.463 e.